The minimum absolute atomic E-state index is 0.0627. The normalized spacial score (nSPS) is 30.1. The SMILES string of the molecule is CC1(C)C2CCC1(C)C(OC(=O)C1CCCN1C(=O)C(NC(=O)c1ccc(N=O)c(N=O)c1)C1CCCCC1)C2. The maximum Gasteiger partial charge on any atom is 0.329 e. The highest BCUT2D eigenvalue weighted by molar-refractivity contribution is 5.99. The molecule has 0 aromatic heterocycles. The number of hydrogen-bond acceptors (Lipinski definition) is 8. The van der Waals surface area contributed by atoms with Crippen LogP contribution < -0.4 is 5.32 Å². The van der Waals surface area contributed by atoms with Gasteiger partial charge in [0.15, 0.2) is 0 Å². The standard InChI is InChI=1S/C30H40N4O6/c1-29(2)20-13-14-30(29,3)24(17-20)40-28(37)23-10-7-15-34(23)27(36)25(18-8-5-4-6-9-18)31-26(35)19-11-12-21(32-38)22(16-19)33-39/h11-12,16,18,20,23-25H,4-10,13-15,17H2,1-3H3,(H,31,35). The van der Waals surface area contributed by atoms with Crippen molar-refractivity contribution in [1.29, 1.82) is 0 Å². The zero-order chi connectivity index (χ0) is 28.7. The fourth-order valence-corrected chi connectivity index (χ4v) is 7.87. The minimum Gasteiger partial charge on any atom is -0.460 e. The Balaban J connectivity index is 1.33. The summed E-state index contributed by atoms with van der Waals surface area (Å²) in [6.45, 7) is 7.22. The van der Waals surface area contributed by atoms with Gasteiger partial charge in [-0.05, 0) is 90.7 Å². The molecule has 1 saturated heterocycles. The molecule has 2 amide bonds. The van der Waals surface area contributed by atoms with Crippen LogP contribution in [0.25, 0.3) is 0 Å². The van der Waals surface area contributed by atoms with Crippen LogP contribution in [0.15, 0.2) is 28.6 Å². The van der Waals surface area contributed by atoms with Crippen molar-refractivity contribution in [3.8, 4) is 0 Å². The van der Waals surface area contributed by atoms with Gasteiger partial charge >= 0.3 is 5.97 Å². The molecule has 216 valence electrons. The lowest BCUT2D eigenvalue weighted by molar-refractivity contribution is -0.165. The number of benzene rings is 1. The van der Waals surface area contributed by atoms with Crippen molar-refractivity contribution >= 4 is 29.2 Å². The Morgan fingerprint density at radius 2 is 1.70 bits per heavy atom. The Morgan fingerprint density at radius 1 is 0.975 bits per heavy atom. The van der Waals surface area contributed by atoms with Crippen molar-refractivity contribution < 1.29 is 19.1 Å². The molecule has 3 saturated carbocycles. The fourth-order valence-electron chi connectivity index (χ4n) is 7.87. The predicted molar refractivity (Wildman–Crippen MR) is 149 cm³/mol. The summed E-state index contributed by atoms with van der Waals surface area (Å²) in [7, 11) is 0. The molecular formula is C30H40N4O6. The number of nitrogens with one attached hydrogen (secondary N) is 1. The topological polar surface area (TPSA) is 135 Å². The molecule has 1 aliphatic heterocycles. The monoisotopic (exact) mass is 552 g/mol. The first-order valence-electron chi connectivity index (χ1n) is 14.7. The summed E-state index contributed by atoms with van der Waals surface area (Å²) in [5.41, 5.74) is -0.233. The Hall–Kier alpha value is -3.17. The molecule has 1 aromatic carbocycles. The van der Waals surface area contributed by atoms with E-state index in [1.54, 1.807) is 4.90 Å². The molecule has 5 rings (SSSR count). The molecule has 5 atom stereocenters. The van der Waals surface area contributed by atoms with Gasteiger partial charge in [0.2, 0.25) is 5.91 Å². The van der Waals surface area contributed by atoms with Gasteiger partial charge < -0.3 is 15.0 Å². The molecule has 40 heavy (non-hydrogen) atoms. The number of nitroso groups, excluding NO2 is 2. The number of nitrogens with zero attached hydrogens (tertiary/aromatic N) is 3. The molecule has 4 aliphatic rings. The number of carbonyl (C=O) groups excluding carboxylic acids is 3. The summed E-state index contributed by atoms with van der Waals surface area (Å²) in [5.74, 6) is -0.672. The van der Waals surface area contributed by atoms with Crippen LogP contribution in [-0.2, 0) is 14.3 Å². The highest BCUT2D eigenvalue weighted by atomic mass is 16.5. The largest absolute Gasteiger partial charge is 0.460 e. The number of hydrogen-bond donors (Lipinski definition) is 1. The average Bonchev–Trinajstić information content (AvgIpc) is 3.59. The van der Waals surface area contributed by atoms with Crippen LogP contribution in [0.3, 0.4) is 0 Å². The van der Waals surface area contributed by atoms with Gasteiger partial charge in [-0.15, -0.1) is 9.81 Å². The smallest absolute Gasteiger partial charge is 0.329 e. The Morgan fingerprint density at radius 3 is 2.33 bits per heavy atom. The van der Waals surface area contributed by atoms with E-state index < -0.39 is 18.0 Å². The van der Waals surface area contributed by atoms with Crippen molar-refractivity contribution in [2.75, 3.05) is 6.54 Å². The number of carbonyl (C=O) groups is 3. The second kappa shape index (κ2) is 11.0. The Labute approximate surface area is 234 Å². The summed E-state index contributed by atoms with van der Waals surface area (Å²) < 4.78 is 6.18. The predicted octanol–water partition coefficient (Wildman–Crippen LogP) is 5.91. The van der Waals surface area contributed by atoms with E-state index in [4.69, 9.17) is 4.74 Å². The summed E-state index contributed by atoms with van der Waals surface area (Å²) in [6.07, 6.45) is 8.76. The molecule has 0 spiro atoms. The van der Waals surface area contributed by atoms with Crippen molar-refractivity contribution in [1.82, 2.24) is 10.2 Å². The molecule has 1 aromatic rings. The quantitative estimate of drug-likeness (QED) is 0.315. The van der Waals surface area contributed by atoms with E-state index in [0.717, 1.165) is 51.4 Å². The van der Waals surface area contributed by atoms with Gasteiger partial charge in [-0.3, -0.25) is 9.59 Å². The minimum atomic E-state index is -0.809. The fraction of sp³-hybridized carbons (Fsp3) is 0.700. The first-order valence-corrected chi connectivity index (χ1v) is 14.7. The maximum atomic E-state index is 14.1. The first-order chi connectivity index (χ1) is 19.1. The van der Waals surface area contributed by atoms with Crippen molar-refractivity contribution in [2.45, 2.75) is 103 Å². The lowest BCUT2D eigenvalue weighted by atomic mass is 9.70. The highest BCUT2D eigenvalue weighted by Gasteiger charge is 2.63. The molecule has 10 heteroatoms. The number of likely N-dealkylation sites (tertiary alicyclic amines) is 1. The first kappa shape index (κ1) is 28.4. The third kappa shape index (κ3) is 4.83. The second-order valence-corrected chi connectivity index (χ2v) is 13.0. The maximum absolute atomic E-state index is 14.1. The third-order valence-electron chi connectivity index (χ3n) is 10.9. The van der Waals surface area contributed by atoms with E-state index >= 15 is 0 Å². The number of fused-ring (bicyclic) bond motifs is 2. The van der Waals surface area contributed by atoms with Crippen LogP contribution in [0.5, 0.6) is 0 Å². The molecule has 5 unspecified atom stereocenters. The average molecular weight is 553 g/mol. The van der Waals surface area contributed by atoms with Crippen LogP contribution in [0, 0.1) is 32.5 Å². The van der Waals surface area contributed by atoms with E-state index in [0.29, 0.717) is 25.3 Å². The van der Waals surface area contributed by atoms with E-state index in [1.807, 2.05) is 0 Å². The van der Waals surface area contributed by atoms with Gasteiger partial charge in [-0.2, -0.15) is 0 Å². The molecule has 4 fully saturated rings. The van der Waals surface area contributed by atoms with Crippen LogP contribution in [0.2, 0.25) is 0 Å². The van der Waals surface area contributed by atoms with E-state index in [-0.39, 0.29) is 51.7 Å². The number of amides is 2. The zero-order valence-electron chi connectivity index (χ0n) is 23.7. The number of esters is 1. The Kier molecular flexibility index (Phi) is 7.81. The van der Waals surface area contributed by atoms with E-state index in [2.05, 4.69) is 36.4 Å². The summed E-state index contributed by atoms with van der Waals surface area (Å²) in [5, 5.41) is 8.47. The summed E-state index contributed by atoms with van der Waals surface area (Å²) >= 11 is 0. The lowest BCUT2D eigenvalue weighted by Crippen LogP contribution is -2.55. The van der Waals surface area contributed by atoms with Crippen molar-refractivity contribution in [3.63, 3.8) is 0 Å². The molecule has 1 heterocycles. The van der Waals surface area contributed by atoms with Gasteiger partial charge in [-0.25, -0.2) is 4.79 Å². The van der Waals surface area contributed by atoms with Crippen molar-refractivity contribution in [2.24, 2.45) is 33.0 Å². The van der Waals surface area contributed by atoms with Crippen molar-refractivity contribution in [3.05, 3.63) is 33.6 Å². The number of rotatable bonds is 8. The molecular weight excluding hydrogens is 512 g/mol. The van der Waals surface area contributed by atoms with Crippen LogP contribution in [0.4, 0.5) is 11.4 Å². The van der Waals surface area contributed by atoms with Gasteiger partial charge in [0.05, 0.1) is 0 Å². The molecule has 10 nitrogen and oxygen atoms in total. The van der Waals surface area contributed by atoms with Gasteiger partial charge in [0.1, 0.15) is 29.6 Å². The highest BCUT2D eigenvalue weighted by Crippen LogP contribution is 2.66. The summed E-state index contributed by atoms with van der Waals surface area (Å²) in [6, 6.07) is 2.38. The number of ether oxygens (including phenoxy) is 1. The van der Waals surface area contributed by atoms with E-state index in [1.165, 1.54) is 18.2 Å². The zero-order valence-corrected chi connectivity index (χ0v) is 23.7. The molecule has 3 aliphatic carbocycles. The second-order valence-electron chi connectivity index (χ2n) is 13.0. The van der Waals surface area contributed by atoms with E-state index in [9.17, 15) is 24.2 Å². The van der Waals surface area contributed by atoms with Crippen LogP contribution in [-0.4, -0.2) is 47.4 Å². The third-order valence-corrected chi connectivity index (χ3v) is 10.9. The van der Waals surface area contributed by atoms with Gasteiger partial charge in [0, 0.05) is 17.5 Å². The van der Waals surface area contributed by atoms with Gasteiger partial charge in [0.25, 0.3) is 5.91 Å². The molecule has 1 N–H and O–H groups in total. The lowest BCUT2D eigenvalue weighted by Gasteiger charge is -2.39. The van der Waals surface area contributed by atoms with Crippen LogP contribution in [0.1, 0.15) is 95.3 Å². The summed E-state index contributed by atoms with van der Waals surface area (Å²) in [4.78, 5) is 64.6. The Bertz CT molecular complexity index is 1190. The molecule has 0 radical (unpaired) electrons. The van der Waals surface area contributed by atoms with Crippen LogP contribution >= 0.6 is 0 Å². The molecule has 2 bridgehead atoms. The van der Waals surface area contributed by atoms with Gasteiger partial charge in [-0.1, -0.05) is 40.0 Å².